The number of anilines is 2. The maximum absolute atomic E-state index is 12.6. The van der Waals surface area contributed by atoms with E-state index in [0.29, 0.717) is 23.2 Å². The standard InChI is InChI=1S/C22H22F3N5O2S/c1-3-30-18(12-19(31)27-17-6-4-5-14(2)11-17)28-29-21(30)33-13-20(32)26-16-9-7-15(8-10-16)22(23,24)25/h4-11H,3,12-13H2,1-2H3,(H,26,32)(H,27,31). The van der Waals surface area contributed by atoms with Gasteiger partial charge in [0.25, 0.3) is 0 Å². The first kappa shape index (κ1) is 24.3. The molecule has 0 spiro atoms. The van der Waals surface area contributed by atoms with Crippen molar-refractivity contribution in [1.82, 2.24) is 14.8 Å². The average molecular weight is 478 g/mol. The van der Waals surface area contributed by atoms with E-state index in [1.54, 1.807) is 10.6 Å². The number of amides is 2. The van der Waals surface area contributed by atoms with Crippen molar-refractivity contribution in [3.8, 4) is 0 Å². The van der Waals surface area contributed by atoms with Crippen molar-refractivity contribution < 1.29 is 22.8 Å². The van der Waals surface area contributed by atoms with Crippen LogP contribution >= 0.6 is 11.8 Å². The number of hydrogen-bond acceptors (Lipinski definition) is 5. The Hall–Kier alpha value is -3.34. The van der Waals surface area contributed by atoms with Gasteiger partial charge in [-0.05, 0) is 55.8 Å². The highest BCUT2D eigenvalue weighted by atomic mass is 32.2. The molecule has 11 heteroatoms. The van der Waals surface area contributed by atoms with Crippen molar-refractivity contribution in [2.24, 2.45) is 0 Å². The minimum Gasteiger partial charge on any atom is -0.326 e. The predicted octanol–water partition coefficient (Wildman–Crippen LogP) is 4.54. The predicted molar refractivity (Wildman–Crippen MR) is 120 cm³/mol. The first-order chi connectivity index (χ1) is 15.7. The zero-order valence-corrected chi connectivity index (χ0v) is 18.8. The lowest BCUT2D eigenvalue weighted by molar-refractivity contribution is -0.137. The van der Waals surface area contributed by atoms with Crippen LogP contribution in [0.2, 0.25) is 0 Å². The minimum atomic E-state index is -4.43. The van der Waals surface area contributed by atoms with Crippen molar-refractivity contribution >= 4 is 35.0 Å². The van der Waals surface area contributed by atoms with Gasteiger partial charge >= 0.3 is 6.18 Å². The van der Waals surface area contributed by atoms with Gasteiger partial charge in [-0.15, -0.1) is 10.2 Å². The summed E-state index contributed by atoms with van der Waals surface area (Å²) in [6, 6.07) is 11.7. The number of thioether (sulfide) groups is 1. The summed E-state index contributed by atoms with van der Waals surface area (Å²) in [6.07, 6.45) is -4.41. The lowest BCUT2D eigenvalue weighted by atomic mass is 10.2. The van der Waals surface area contributed by atoms with Crippen LogP contribution in [-0.4, -0.2) is 32.3 Å². The van der Waals surface area contributed by atoms with E-state index in [1.807, 2.05) is 32.0 Å². The molecule has 1 aromatic heterocycles. The van der Waals surface area contributed by atoms with E-state index in [4.69, 9.17) is 0 Å². The molecular weight excluding hydrogens is 455 g/mol. The Balaban J connectivity index is 1.56. The zero-order valence-electron chi connectivity index (χ0n) is 17.9. The number of carbonyl (C=O) groups excluding carboxylic acids is 2. The molecule has 0 saturated heterocycles. The van der Waals surface area contributed by atoms with Gasteiger partial charge in [0.05, 0.1) is 17.7 Å². The van der Waals surface area contributed by atoms with Gasteiger partial charge < -0.3 is 15.2 Å². The number of aromatic nitrogens is 3. The number of benzene rings is 2. The van der Waals surface area contributed by atoms with E-state index in [2.05, 4.69) is 20.8 Å². The molecular formula is C22H22F3N5O2S. The SMILES string of the molecule is CCn1c(CC(=O)Nc2cccc(C)c2)nnc1SCC(=O)Nc1ccc(C(F)(F)F)cc1. The van der Waals surface area contributed by atoms with Crippen LogP contribution in [0.5, 0.6) is 0 Å². The van der Waals surface area contributed by atoms with Gasteiger partial charge in [-0.2, -0.15) is 13.2 Å². The minimum absolute atomic E-state index is 0.0192. The lowest BCUT2D eigenvalue weighted by Gasteiger charge is -2.10. The van der Waals surface area contributed by atoms with Crippen LogP contribution in [0.3, 0.4) is 0 Å². The molecule has 0 aliphatic rings. The molecule has 2 amide bonds. The number of hydrogen-bond donors (Lipinski definition) is 2. The molecule has 0 bridgehead atoms. The molecule has 0 unspecified atom stereocenters. The smallest absolute Gasteiger partial charge is 0.326 e. The molecule has 2 N–H and O–H groups in total. The second-order valence-electron chi connectivity index (χ2n) is 7.15. The molecule has 0 fully saturated rings. The Morgan fingerprint density at radius 3 is 2.33 bits per heavy atom. The topological polar surface area (TPSA) is 88.9 Å². The highest BCUT2D eigenvalue weighted by Crippen LogP contribution is 2.30. The first-order valence-electron chi connectivity index (χ1n) is 10.0. The summed E-state index contributed by atoms with van der Waals surface area (Å²) in [7, 11) is 0. The summed E-state index contributed by atoms with van der Waals surface area (Å²) in [5, 5.41) is 14.0. The van der Waals surface area contributed by atoms with Crippen molar-refractivity contribution in [3.63, 3.8) is 0 Å². The molecule has 2 aromatic carbocycles. The van der Waals surface area contributed by atoms with Crippen molar-refractivity contribution in [3.05, 3.63) is 65.5 Å². The number of aryl methyl sites for hydroxylation is 1. The number of rotatable bonds is 8. The average Bonchev–Trinajstić information content (AvgIpc) is 3.13. The van der Waals surface area contributed by atoms with E-state index in [0.717, 1.165) is 29.5 Å². The Bertz CT molecular complexity index is 1130. The third kappa shape index (κ3) is 6.82. The van der Waals surface area contributed by atoms with E-state index >= 15 is 0 Å². The largest absolute Gasteiger partial charge is 0.416 e. The summed E-state index contributed by atoms with van der Waals surface area (Å²) in [4.78, 5) is 24.6. The van der Waals surface area contributed by atoms with Crippen LogP contribution < -0.4 is 10.6 Å². The van der Waals surface area contributed by atoms with Crippen LogP contribution in [-0.2, 0) is 28.7 Å². The molecule has 3 rings (SSSR count). The number of alkyl halides is 3. The van der Waals surface area contributed by atoms with Gasteiger partial charge in [-0.3, -0.25) is 9.59 Å². The molecule has 0 radical (unpaired) electrons. The Kier molecular flexibility index (Phi) is 7.75. The number of carbonyl (C=O) groups is 2. The fourth-order valence-corrected chi connectivity index (χ4v) is 3.84. The summed E-state index contributed by atoms with van der Waals surface area (Å²) in [5.74, 6) is -0.189. The molecule has 1 heterocycles. The molecule has 0 aliphatic heterocycles. The van der Waals surface area contributed by atoms with Crippen molar-refractivity contribution in [1.29, 1.82) is 0 Å². The second-order valence-corrected chi connectivity index (χ2v) is 8.09. The molecule has 7 nitrogen and oxygen atoms in total. The van der Waals surface area contributed by atoms with Crippen LogP contribution in [0.4, 0.5) is 24.5 Å². The maximum atomic E-state index is 12.6. The zero-order chi connectivity index (χ0) is 24.0. The summed E-state index contributed by atoms with van der Waals surface area (Å²) < 4.78 is 39.7. The van der Waals surface area contributed by atoms with Gasteiger partial charge in [0.15, 0.2) is 5.16 Å². The van der Waals surface area contributed by atoms with Crippen LogP contribution in [0.15, 0.2) is 53.7 Å². The van der Waals surface area contributed by atoms with Gasteiger partial charge in [-0.25, -0.2) is 0 Å². The lowest BCUT2D eigenvalue weighted by Crippen LogP contribution is -2.18. The molecule has 3 aromatic rings. The third-order valence-electron chi connectivity index (χ3n) is 4.56. The first-order valence-corrected chi connectivity index (χ1v) is 11.0. The van der Waals surface area contributed by atoms with Crippen molar-refractivity contribution in [2.75, 3.05) is 16.4 Å². The van der Waals surface area contributed by atoms with E-state index < -0.39 is 17.6 Å². The molecule has 174 valence electrons. The molecule has 0 saturated carbocycles. The number of nitrogens with zero attached hydrogens (tertiary/aromatic N) is 3. The number of nitrogens with one attached hydrogen (secondary N) is 2. The fourth-order valence-electron chi connectivity index (χ4n) is 3.02. The highest BCUT2D eigenvalue weighted by molar-refractivity contribution is 7.99. The Morgan fingerprint density at radius 2 is 1.70 bits per heavy atom. The van der Waals surface area contributed by atoms with Crippen LogP contribution in [0.1, 0.15) is 23.9 Å². The van der Waals surface area contributed by atoms with Gasteiger partial charge in [0.2, 0.25) is 11.8 Å². The van der Waals surface area contributed by atoms with Crippen LogP contribution in [0, 0.1) is 6.92 Å². The molecule has 0 aliphatic carbocycles. The Labute approximate surface area is 192 Å². The normalized spacial score (nSPS) is 11.3. The second kappa shape index (κ2) is 10.5. The molecule has 0 atom stereocenters. The number of halogens is 3. The Morgan fingerprint density at radius 1 is 1.00 bits per heavy atom. The monoisotopic (exact) mass is 477 g/mol. The molecule has 33 heavy (non-hydrogen) atoms. The third-order valence-corrected chi connectivity index (χ3v) is 5.53. The quantitative estimate of drug-likeness (QED) is 0.465. The summed E-state index contributed by atoms with van der Waals surface area (Å²) in [5.41, 5.74) is 1.19. The van der Waals surface area contributed by atoms with E-state index in [1.165, 1.54) is 12.1 Å². The van der Waals surface area contributed by atoms with E-state index in [9.17, 15) is 22.8 Å². The highest BCUT2D eigenvalue weighted by Gasteiger charge is 2.30. The van der Waals surface area contributed by atoms with Gasteiger partial charge in [0.1, 0.15) is 5.82 Å². The van der Waals surface area contributed by atoms with Gasteiger partial charge in [0, 0.05) is 17.9 Å². The van der Waals surface area contributed by atoms with Crippen molar-refractivity contribution in [2.45, 2.75) is 38.1 Å². The summed E-state index contributed by atoms with van der Waals surface area (Å²) in [6.45, 7) is 4.31. The van der Waals surface area contributed by atoms with Crippen LogP contribution in [0.25, 0.3) is 0 Å². The fraction of sp³-hybridized carbons (Fsp3) is 0.273. The van der Waals surface area contributed by atoms with Gasteiger partial charge in [-0.1, -0.05) is 23.9 Å². The summed E-state index contributed by atoms with van der Waals surface area (Å²) >= 11 is 1.13. The maximum Gasteiger partial charge on any atom is 0.416 e. The van der Waals surface area contributed by atoms with E-state index in [-0.39, 0.29) is 23.8 Å².